The van der Waals surface area contributed by atoms with Crippen molar-refractivity contribution in [1.82, 2.24) is 15.1 Å². The maximum absolute atomic E-state index is 12.6. The lowest BCUT2D eigenvalue weighted by molar-refractivity contribution is 0.0968. The zero-order chi connectivity index (χ0) is 19.9. The average molecular weight is 398 g/mol. The van der Waals surface area contributed by atoms with Crippen LogP contribution in [0, 0.1) is 0 Å². The van der Waals surface area contributed by atoms with E-state index in [1.165, 1.54) is 5.56 Å². The van der Waals surface area contributed by atoms with Crippen LogP contribution >= 0.6 is 12.2 Å². The van der Waals surface area contributed by atoms with Gasteiger partial charge in [0.05, 0.1) is 6.10 Å². The van der Waals surface area contributed by atoms with Crippen molar-refractivity contribution in [2.75, 3.05) is 26.2 Å². The minimum Gasteiger partial charge on any atom is -0.491 e. The van der Waals surface area contributed by atoms with E-state index in [2.05, 4.69) is 39.4 Å². The third kappa shape index (κ3) is 5.78. The molecule has 28 heavy (non-hydrogen) atoms. The molecule has 1 aliphatic rings. The molecule has 1 saturated heterocycles. The standard InChI is InChI=1S/C22H27N3O2S/c1-17(2)27-20-10-6-9-19(15-20)21(26)23-22(28)25-13-11-24(12-14-25)16-18-7-4-3-5-8-18/h3-10,15,17H,11-14,16H2,1-2H3,(H,23,26,28). The Hall–Kier alpha value is -2.44. The van der Waals surface area contributed by atoms with Crippen molar-refractivity contribution < 1.29 is 9.53 Å². The molecule has 6 heteroatoms. The smallest absolute Gasteiger partial charge is 0.257 e. The number of nitrogens with zero attached hydrogens (tertiary/aromatic N) is 2. The van der Waals surface area contributed by atoms with Crippen LogP contribution in [0.15, 0.2) is 54.6 Å². The van der Waals surface area contributed by atoms with E-state index in [-0.39, 0.29) is 12.0 Å². The van der Waals surface area contributed by atoms with Crippen LogP contribution in [0.1, 0.15) is 29.8 Å². The molecule has 5 nitrogen and oxygen atoms in total. The molecule has 0 radical (unpaired) electrons. The molecule has 0 aliphatic carbocycles. The lowest BCUT2D eigenvalue weighted by atomic mass is 10.2. The second-order valence-corrected chi connectivity index (χ2v) is 7.59. The van der Waals surface area contributed by atoms with E-state index in [1.54, 1.807) is 12.1 Å². The first-order valence-corrected chi connectivity index (χ1v) is 10.1. The number of nitrogens with one attached hydrogen (secondary N) is 1. The lowest BCUT2D eigenvalue weighted by Crippen LogP contribution is -2.52. The van der Waals surface area contributed by atoms with Gasteiger partial charge in [-0.1, -0.05) is 36.4 Å². The summed E-state index contributed by atoms with van der Waals surface area (Å²) in [6.45, 7) is 8.31. The molecule has 2 aromatic carbocycles. The molecule has 3 rings (SSSR count). The lowest BCUT2D eigenvalue weighted by Gasteiger charge is -2.36. The number of amides is 1. The summed E-state index contributed by atoms with van der Waals surface area (Å²) < 4.78 is 5.66. The summed E-state index contributed by atoms with van der Waals surface area (Å²) in [4.78, 5) is 17.0. The van der Waals surface area contributed by atoms with Crippen molar-refractivity contribution >= 4 is 23.2 Å². The largest absolute Gasteiger partial charge is 0.491 e. The van der Waals surface area contributed by atoms with Gasteiger partial charge in [0.25, 0.3) is 5.91 Å². The van der Waals surface area contributed by atoms with Gasteiger partial charge < -0.3 is 9.64 Å². The molecule has 1 N–H and O–H groups in total. The van der Waals surface area contributed by atoms with Gasteiger partial charge in [0.2, 0.25) is 0 Å². The number of benzene rings is 2. The van der Waals surface area contributed by atoms with Crippen LogP contribution < -0.4 is 10.1 Å². The number of rotatable bonds is 5. The van der Waals surface area contributed by atoms with E-state index in [9.17, 15) is 4.79 Å². The predicted octanol–water partition coefficient (Wildman–Crippen LogP) is 3.31. The second-order valence-electron chi connectivity index (χ2n) is 7.20. The summed E-state index contributed by atoms with van der Waals surface area (Å²) in [5, 5.41) is 3.34. The maximum atomic E-state index is 12.6. The van der Waals surface area contributed by atoms with Crippen molar-refractivity contribution in [2.45, 2.75) is 26.5 Å². The number of carbonyl (C=O) groups excluding carboxylic acids is 1. The Balaban J connectivity index is 1.49. The number of hydrogen-bond donors (Lipinski definition) is 1. The van der Waals surface area contributed by atoms with E-state index >= 15 is 0 Å². The van der Waals surface area contributed by atoms with Gasteiger partial charge >= 0.3 is 0 Å². The summed E-state index contributed by atoms with van der Waals surface area (Å²) >= 11 is 5.47. The van der Waals surface area contributed by atoms with Crippen LogP contribution in [0.2, 0.25) is 0 Å². The fourth-order valence-electron chi connectivity index (χ4n) is 3.18. The van der Waals surface area contributed by atoms with Gasteiger partial charge in [-0.05, 0) is 49.8 Å². The second kappa shape index (κ2) is 9.66. The van der Waals surface area contributed by atoms with Crippen molar-refractivity contribution in [3.63, 3.8) is 0 Å². The Kier molecular flexibility index (Phi) is 7.01. The predicted molar refractivity (Wildman–Crippen MR) is 116 cm³/mol. The molecular weight excluding hydrogens is 370 g/mol. The number of thiocarbonyl (C=S) groups is 1. The Morgan fingerprint density at radius 2 is 1.79 bits per heavy atom. The Morgan fingerprint density at radius 3 is 2.46 bits per heavy atom. The van der Waals surface area contributed by atoms with Crippen LogP contribution in [-0.4, -0.2) is 53.1 Å². The SMILES string of the molecule is CC(C)Oc1cccc(C(=O)NC(=S)N2CCN(Cc3ccccc3)CC2)c1. The van der Waals surface area contributed by atoms with Crippen LogP contribution in [0.25, 0.3) is 0 Å². The van der Waals surface area contributed by atoms with Crippen molar-refractivity contribution in [1.29, 1.82) is 0 Å². The third-order valence-corrected chi connectivity index (χ3v) is 4.96. The highest BCUT2D eigenvalue weighted by molar-refractivity contribution is 7.80. The molecule has 0 spiro atoms. The van der Waals surface area contributed by atoms with Crippen LogP contribution in [0.3, 0.4) is 0 Å². The van der Waals surface area contributed by atoms with Gasteiger partial charge in [0.1, 0.15) is 5.75 Å². The molecule has 0 bridgehead atoms. The van der Waals surface area contributed by atoms with Gasteiger partial charge in [-0.3, -0.25) is 15.0 Å². The van der Waals surface area contributed by atoms with E-state index in [4.69, 9.17) is 17.0 Å². The fraction of sp³-hybridized carbons (Fsp3) is 0.364. The minimum absolute atomic E-state index is 0.0616. The molecule has 1 heterocycles. The molecule has 0 saturated carbocycles. The summed E-state index contributed by atoms with van der Waals surface area (Å²) in [5.74, 6) is 0.481. The molecule has 2 aromatic rings. The molecule has 0 atom stereocenters. The normalized spacial score (nSPS) is 14.8. The first kappa shape index (κ1) is 20.3. The zero-order valence-electron chi connectivity index (χ0n) is 16.4. The van der Waals surface area contributed by atoms with Crippen LogP contribution in [0.5, 0.6) is 5.75 Å². The monoisotopic (exact) mass is 397 g/mol. The Labute approximate surface area is 172 Å². The molecule has 0 unspecified atom stereocenters. The van der Waals surface area contributed by atoms with E-state index in [0.29, 0.717) is 16.4 Å². The highest BCUT2D eigenvalue weighted by atomic mass is 32.1. The Bertz CT molecular complexity index is 802. The molecule has 148 valence electrons. The first-order valence-electron chi connectivity index (χ1n) is 9.64. The zero-order valence-corrected chi connectivity index (χ0v) is 17.2. The Morgan fingerprint density at radius 1 is 1.07 bits per heavy atom. The first-order chi connectivity index (χ1) is 13.5. The van der Waals surface area contributed by atoms with Gasteiger partial charge in [-0.15, -0.1) is 0 Å². The fourth-order valence-corrected chi connectivity index (χ4v) is 3.46. The summed E-state index contributed by atoms with van der Waals surface area (Å²) in [7, 11) is 0. The topological polar surface area (TPSA) is 44.8 Å². The summed E-state index contributed by atoms with van der Waals surface area (Å²) in [5.41, 5.74) is 1.86. The van der Waals surface area contributed by atoms with Crippen LogP contribution in [0.4, 0.5) is 0 Å². The minimum atomic E-state index is -0.203. The summed E-state index contributed by atoms with van der Waals surface area (Å²) in [6.07, 6.45) is 0.0616. The summed E-state index contributed by atoms with van der Waals surface area (Å²) in [6, 6.07) is 17.6. The quantitative estimate of drug-likeness (QED) is 0.785. The van der Waals surface area contributed by atoms with E-state index < -0.39 is 0 Å². The maximum Gasteiger partial charge on any atom is 0.257 e. The van der Waals surface area contributed by atoms with Crippen molar-refractivity contribution in [2.24, 2.45) is 0 Å². The van der Waals surface area contributed by atoms with Gasteiger partial charge in [0, 0.05) is 38.3 Å². The van der Waals surface area contributed by atoms with Crippen molar-refractivity contribution in [3.05, 3.63) is 65.7 Å². The number of hydrogen-bond acceptors (Lipinski definition) is 4. The molecule has 1 aliphatic heterocycles. The average Bonchev–Trinajstić information content (AvgIpc) is 2.69. The van der Waals surface area contributed by atoms with Crippen molar-refractivity contribution in [3.8, 4) is 5.75 Å². The number of carbonyl (C=O) groups is 1. The van der Waals surface area contributed by atoms with Gasteiger partial charge in [-0.2, -0.15) is 0 Å². The van der Waals surface area contributed by atoms with E-state index in [0.717, 1.165) is 32.7 Å². The van der Waals surface area contributed by atoms with E-state index in [1.807, 2.05) is 32.0 Å². The highest BCUT2D eigenvalue weighted by Crippen LogP contribution is 2.15. The number of ether oxygens (including phenoxy) is 1. The molecule has 0 aromatic heterocycles. The molecule has 1 amide bonds. The third-order valence-electron chi connectivity index (χ3n) is 4.60. The number of piperazine rings is 1. The van der Waals surface area contributed by atoms with Gasteiger partial charge in [0.15, 0.2) is 5.11 Å². The molecular formula is C22H27N3O2S. The van der Waals surface area contributed by atoms with Gasteiger partial charge in [-0.25, -0.2) is 0 Å². The highest BCUT2D eigenvalue weighted by Gasteiger charge is 2.20. The molecule has 1 fully saturated rings. The van der Waals surface area contributed by atoms with Crippen LogP contribution in [-0.2, 0) is 6.54 Å².